The van der Waals surface area contributed by atoms with Gasteiger partial charge in [0.1, 0.15) is 5.75 Å². The van der Waals surface area contributed by atoms with Gasteiger partial charge in [-0.15, -0.1) is 12.4 Å². The molecule has 0 radical (unpaired) electrons. The molecule has 0 aliphatic heterocycles. The highest BCUT2D eigenvalue weighted by atomic mass is 35.5. The predicted molar refractivity (Wildman–Crippen MR) is 86.8 cm³/mol. The molecular formula is C16H25ClN2O2. The quantitative estimate of drug-likeness (QED) is 0.898. The third-order valence-electron chi connectivity index (χ3n) is 3.98. The van der Waals surface area contributed by atoms with Crippen molar-refractivity contribution in [3.05, 3.63) is 29.3 Å². The molecule has 4 nitrogen and oxygen atoms in total. The smallest absolute Gasteiger partial charge is 0.223 e. The van der Waals surface area contributed by atoms with E-state index in [0.717, 1.165) is 42.6 Å². The van der Waals surface area contributed by atoms with Crippen molar-refractivity contribution in [2.24, 2.45) is 11.7 Å². The Morgan fingerprint density at radius 3 is 2.86 bits per heavy atom. The standard InChI is InChI=1S/C16H24N2O2.ClH/c1-11-6-7-13(15(8-11)20-2)10-18-16(19)12-4-3-5-14(17)9-12;/h6-8,12,14H,3-5,9-10,17H2,1-2H3,(H,18,19);1H. The lowest BCUT2D eigenvalue weighted by molar-refractivity contribution is -0.126. The second-order valence-corrected chi connectivity index (χ2v) is 5.66. The molecule has 1 aromatic carbocycles. The molecule has 1 aliphatic rings. The lowest BCUT2D eigenvalue weighted by atomic mass is 9.85. The summed E-state index contributed by atoms with van der Waals surface area (Å²) in [5.41, 5.74) is 8.09. The highest BCUT2D eigenvalue weighted by Gasteiger charge is 2.25. The first-order valence-corrected chi connectivity index (χ1v) is 7.27. The van der Waals surface area contributed by atoms with Crippen LogP contribution < -0.4 is 15.8 Å². The van der Waals surface area contributed by atoms with Crippen LogP contribution in [-0.2, 0) is 11.3 Å². The van der Waals surface area contributed by atoms with E-state index in [9.17, 15) is 4.79 Å². The molecule has 21 heavy (non-hydrogen) atoms. The number of carbonyl (C=O) groups is 1. The number of rotatable bonds is 4. The zero-order valence-corrected chi connectivity index (χ0v) is 13.5. The molecule has 2 atom stereocenters. The Morgan fingerprint density at radius 1 is 1.43 bits per heavy atom. The van der Waals surface area contributed by atoms with Crippen LogP contribution in [0.1, 0.15) is 36.8 Å². The number of aryl methyl sites for hydroxylation is 1. The maximum Gasteiger partial charge on any atom is 0.223 e. The van der Waals surface area contributed by atoms with E-state index in [2.05, 4.69) is 5.32 Å². The minimum atomic E-state index is 0. The molecule has 1 aromatic rings. The molecule has 1 saturated carbocycles. The highest BCUT2D eigenvalue weighted by Crippen LogP contribution is 2.24. The monoisotopic (exact) mass is 312 g/mol. The summed E-state index contributed by atoms with van der Waals surface area (Å²) in [6, 6.07) is 6.19. The van der Waals surface area contributed by atoms with Crippen LogP contribution in [0.15, 0.2) is 18.2 Å². The summed E-state index contributed by atoms with van der Waals surface area (Å²) in [6.07, 6.45) is 3.84. The van der Waals surface area contributed by atoms with Crippen LogP contribution in [0.25, 0.3) is 0 Å². The second kappa shape index (κ2) is 8.25. The number of nitrogens with one attached hydrogen (secondary N) is 1. The number of nitrogens with two attached hydrogens (primary N) is 1. The van der Waals surface area contributed by atoms with Crippen LogP contribution in [-0.4, -0.2) is 19.1 Å². The van der Waals surface area contributed by atoms with Gasteiger partial charge in [0, 0.05) is 24.1 Å². The Morgan fingerprint density at radius 2 is 2.19 bits per heavy atom. The summed E-state index contributed by atoms with van der Waals surface area (Å²) >= 11 is 0. The normalized spacial score (nSPS) is 21.3. The van der Waals surface area contributed by atoms with Gasteiger partial charge in [-0.1, -0.05) is 18.6 Å². The van der Waals surface area contributed by atoms with Crippen LogP contribution >= 0.6 is 12.4 Å². The van der Waals surface area contributed by atoms with Crippen molar-refractivity contribution < 1.29 is 9.53 Å². The van der Waals surface area contributed by atoms with E-state index in [0.29, 0.717) is 6.54 Å². The third-order valence-corrected chi connectivity index (χ3v) is 3.98. The minimum absolute atomic E-state index is 0. The lowest BCUT2D eigenvalue weighted by Crippen LogP contribution is -2.37. The average Bonchev–Trinajstić information content (AvgIpc) is 2.45. The molecule has 0 spiro atoms. The van der Waals surface area contributed by atoms with Crippen molar-refractivity contribution in [1.82, 2.24) is 5.32 Å². The van der Waals surface area contributed by atoms with Crippen molar-refractivity contribution >= 4 is 18.3 Å². The minimum Gasteiger partial charge on any atom is -0.496 e. The first-order chi connectivity index (χ1) is 9.60. The number of hydrogen-bond acceptors (Lipinski definition) is 3. The van der Waals surface area contributed by atoms with Gasteiger partial charge in [-0.2, -0.15) is 0 Å². The Balaban J connectivity index is 0.00000220. The first-order valence-electron chi connectivity index (χ1n) is 7.27. The zero-order valence-electron chi connectivity index (χ0n) is 12.7. The average molecular weight is 313 g/mol. The van der Waals surface area contributed by atoms with Crippen LogP contribution in [0.2, 0.25) is 0 Å². The van der Waals surface area contributed by atoms with Gasteiger partial charge in [-0.25, -0.2) is 0 Å². The van der Waals surface area contributed by atoms with E-state index in [1.165, 1.54) is 0 Å². The third kappa shape index (κ3) is 4.90. The van der Waals surface area contributed by atoms with Crippen molar-refractivity contribution in [2.45, 2.75) is 45.2 Å². The number of amides is 1. The van der Waals surface area contributed by atoms with Crippen LogP contribution in [0, 0.1) is 12.8 Å². The van der Waals surface area contributed by atoms with E-state index in [1.54, 1.807) is 7.11 Å². The van der Waals surface area contributed by atoms with E-state index in [4.69, 9.17) is 10.5 Å². The fourth-order valence-electron chi connectivity index (χ4n) is 2.79. The van der Waals surface area contributed by atoms with Crippen molar-refractivity contribution in [3.8, 4) is 5.75 Å². The van der Waals surface area contributed by atoms with E-state index in [1.807, 2.05) is 25.1 Å². The maximum atomic E-state index is 12.2. The maximum absolute atomic E-state index is 12.2. The number of methoxy groups -OCH3 is 1. The zero-order chi connectivity index (χ0) is 14.5. The molecule has 0 heterocycles. The van der Waals surface area contributed by atoms with E-state index in [-0.39, 0.29) is 30.3 Å². The molecule has 2 rings (SSSR count). The molecule has 1 amide bonds. The van der Waals surface area contributed by atoms with Crippen LogP contribution in [0.4, 0.5) is 0 Å². The van der Waals surface area contributed by atoms with Gasteiger partial charge in [0.25, 0.3) is 0 Å². The molecule has 0 aromatic heterocycles. The van der Waals surface area contributed by atoms with Gasteiger partial charge in [-0.05, 0) is 37.8 Å². The fraction of sp³-hybridized carbons (Fsp3) is 0.562. The highest BCUT2D eigenvalue weighted by molar-refractivity contribution is 5.85. The van der Waals surface area contributed by atoms with Crippen LogP contribution in [0.3, 0.4) is 0 Å². The van der Waals surface area contributed by atoms with Gasteiger partial charge in [0.2, 0.25) is 5.91 Å². The van der Waals surface area contributed by atoms with Crippen molar-refractivity contribution in [2.75, 3.05) is 7.11 Å². The summed E-state index contributed by atoms with van der Waals surface area (Å²) in [7, 11) is 1.65. The second-order valence-electron chi connectivity index (χ2n) is 5.66. The molecule has 0 bridgehead atoms. The summed E-state index contributed by atoms with van der Waals surface area (Å²) in [4.78, 5) is 12.2. The Labute approximate surface area is 132 Å². The molecule has 5 heteroatoms. The van der Waals surface area contributed by atoms with Gasteiger partial charge in [0.15, 0.2) is 0 Å². The first kappa shape index (κ1) is 17.8. The predicted octanol–water partition coefficient (Wildman–Crippen LogP) is 2.56. The Bertz CT molecular complexity index is 479. The number of carbonyl (C=O) groups excluding carboxylic acids is 1. The largest absolute Gasteiger partial charge is 0.496 e. The molecule has 0 saturated heterocycles. The summed E-state index contributed by atoms with van der Waals surface area (Å²) in [5.74, 6) is 1.00. The molecule has 118 valence electrons. The molecular weight excluding hydrogens is 288 g/mol. The van der Waals surface area contributed by atoms with Gasteiger partial charge in [0.05, 0.1) is 7.11 Å². The number of hydrogen-bond donors (Lipinski definition) is 2. The van der Waals surface area contributed by atoms with Gasteiger partial charge < -0.3 is 15.8 Å². The SMILES string of the molecule is COc1cc(C)ccc1CNC(=O)C1CCCC(N)C1.Cl. The molecule has 3 N–H and O–H groups in total. The number of benzene rings is 1. The van der Waals surface area contributed by atoms with E-state index >= 15 is 0 Å². The summed E-state index contributed by atoms with van der Waals surface area (Å²) in [5, 5.41) is 3.01. The van der Waals surface area contributed by atoms with Crippen molar-refractivity contribution in [1.29, 1.82) is 0 Å². The summed E-state index contributed by atoms with van der Waals surface area (Å²) in [6.45, 7) is 2.53. The Kier molecular flexibility index (Phi) is 6.99. The van der Waals surface area contributed by atoms with Crippen molar-refractivity contribution in [3.63, 3.8) is 0 Å². The van der Waals surface area contributed by atoms with Gasteiger partial charge >= 0.3 is 0 Å². The summed E-state index contributed by atoms with van der Waals surface area (Å²) < 4.78 is 5.35. The van der Waals surface area contributed by atoms with E-state index < -0.39 is 0 Å². The topological polar surface area (TPSA) is 64.3 Å². The fourth-order valence-corrected chi connectivity index (χ4v) is 2.79. The number of ether oxygens (including phenoxy) is 1. The Hall–Kier alpha value is -1.26. The molecule has 1 aliphatic carbocycles. The number of halogens is 1. The molecule has 2 unspecified atom stereocenters. The van der Waals surface area contributed by atoms with Crippen LogP contribution in [0.5, 0.6) is 5.75 Å². The molecule has 1 fully saturated rings. The lowest BCUT2D eigenvalue weighted by Gasteiger charge is -2.25. The van der Waals surface area contributed by atoms with Gasteiger partial charge in [-0.3, -0.25) is 4.79 Å².